The molecule has 0 unspecified atom stereocenters. The van der Waals surface area contributed by atoms with Crippen LogP contribution in [0.1, 0.15) is 111 Å². The Kier molecular flexibility index (Phi) is 9.39. The molecule has 2 aliphatic heterocycles. The van der Waals surface area contributed by atoms with Crippen molar-refractivity contribution in [3.63, 3.8) is 0 Å². The number of carboxylic acid groups (broad SMARTS) is 1. The molecule has 12 nitrogen and oxygen atoms in total. The van der Waals surface area contributed by atoms with Crippen LogP contribution in [0.15, 0.2) is 11.6 Å². The number of nitrogens with one attached hydrogen (secondary N) is 1. The van der Waals surface area contributed by atoms with E-state index in [0.717, 1.165) is 44.9 Å². The van der Waals surface area contributed by atoms with Crippen LogP contribution in [-0.4, -0.2) is 111 Å². The molecule has 304 valence electrons. The number of fused-ring (bicyclic) bond motifs is 3. The Hall–Kier alpha value is -1.64. The number of carboxylic acids is 1. The lowest BCUT2D eigenvalue weighted by Crippen LogP contribution is -2.77. The Morgan fingerprint density at radius 1 is 0.944 bits per heavy atom. The summed E-state index contributed by atoms with van der Waals surface area (Å²) in [5.41, 5.74) is -2.24. The maximum Gasteiger partial charge on any atom is 0.310 e. The van der Waals surface area contributed by atoms with Gasteiger partial charge in [0.2, 0.25) is 5.91 Å². The molecule has 1 spiro atoms. The summed E-state index contributed by atoms with van der Waals surface area (Å²) in [6.45, 7) is 8.89. The summed E-state index contributed by atoms with van der Waals surface area (Å²) in [7, 11) is 0. The number of hydrogen-bond donors (Lipinski definition) is 8. The van der Waals surface area contributed by atoms with E-state index in [1.807, 2.05) is 6.92 Å². The minimum Gasteiger partial charge on any atom is -0.481 e. The van der Waals surface area contributed by atoms with Gasteiger partial charge in [-0.15, -0.1) is 0 Å². The molecule has 12 heteroatoms. The van der Waals surface area contributed by atoms with E-state index in [-0.39, 0.29) is 71.1 Å². The molecule has 8 aliphatic rings. The molecule has 5 saturated carbocycles. The lowest BCUT2D eigenvalue weighted by atomic mass is 9.24. The first-order chi connectivity index (χ1) is 25.4. The van der Waals surface area contributed by atoms with Crippen molar-refractivity contribution in [1.82, 2.24) is 5.32 Å². The fraction of sp³-hybridized carbons (Fsp3) is 0.905. The van der Waals surface area contributed by atoms with Crippen LogP contribution in [0.25, 0.3) is 0 Å². The van der Waals surface area contributed by atoms with Crippen molar-refractivity contribution in [2.75, 3.05) is 26.4 Å². The van der Waals surface area contributed by atoms with Crippen LogP contribution in [-0.2, 0) is 19.1 Å². The molecule has 0 aromatic rings. The molecule has 0 aromatic heterocycles. The van der Waals surface area contributed by atoms with E-state index >= 15 is 0 Å². The first kappa shape index (κ1) is 39.2. The first-order valence-electron chi connectivity index (χ1n) is 20.8. The molecule has 8 N–H and O–H groups in total. The number of aliphatic hydroxyl groups excluding tert-OH is 6. The van der Waals surface area contributed by atoms with Gasteiger partial charge in [-0.05, 0) is 121 Å². The lowest BCUT2D eigenvalue weighted by molar-refractivity contribution is -0.358. The largest absolute Gasteiger partial charge is 0.481 e. The van der Waals surface area contributed by atoms with Gasteiger partial charge in [0.1, 0.15) is 18.3 Å². The highest BCUT2D eigenvalue weighted by Crippen LogP contribution is 2.84. The van der Waals surface area contributed by atoms with Crippen LogP contribution >= 0.6 is 0 Å². The van der Waals surface area contributed by atoms with Crippen molar-refractivity contribution in [3.8, 4) is 0 Å². The van der Waals surface area contributed by atoms with Gasteiger partial charge in [-0.3, -0.25) is 9.59 Å². The van der Waals surface area contributed by atoms with Gasteiger partial charge in [-0.1, -0.05) is 45.8 Å². The molecule has 6 aliphatic carbocycles. The van der Waals surface area contributed by atoms with Gasteiger partial charge < -0.3 is 50.5 Å². The predicted molar refractivity (Wildman–Crippen MR) is 195 cm³/mol. The van der Waals surface area contributed by atoms with Crippen molar-refractivity contribution in [2.24, 2.45) is 61.6 Å². The van der Waals surface area contributed by atoms with E-state index in [0.29, 0.717) is 45.1 Å². The summed E-state index contributed by atoms with van der Waals surface area (Å²) in [5.74, 6) is -1.39. The minimum absolute atomic E-state index is 0.00809. The van der Waals surface area contributed by atoms with Gasteiger partial charge in [-0.25, -0.2) is 0 Å². The quantitative estimate of drug-likeness (QED) is 0.140. The van der Waals surface area contributed by atoms with E-state index in [2.05, 4.69) is 32.2 Å². The zero-order valence-electron chi connectivity index (χ0n) is 32.6. The van der Waals surface area contributed by atoms with Gasteiger partial charge in [0.15, 0.2) is 6.29 Å². The molecule has 1 amide bonds. The van der Waals surface area contributed by atoms with Gasteiger partial charge in [0, 0.05) is 25.0 Å². The second-order valence-electron chi connectivity index (χ2n) is 20.5. The highest BCUT2D eigenvalue weighted by atomic mass is 16.7. The van der Waals surface area contributed by atoms with Gasteiger partial charge in [-0.2, -0.15) is 0 Å². The predicted octanol–water partition coefficient (Wildman–Crippen LogP) is 2.90. The van der Waals surface area contributed by atoms with Crippen molar-refractivity contribution in [2.45, 2.75) is 148 Å². The van der Waals surface area contributed by atoms with E-state index < -0.39 is 59.0 Å². The molecule has 0 radical (unpaired) electrons. The fourth-order valence-corrected chi connectivity index (χ4v) is 15.6. The van der Waals surface area contributed by atoms with E-state index in [4.69, 9.17) is 9.47 Å². The summed E-state index contributed by atoms with van der Waals surface area (Å²) >= 11 is 0. The maximum atomic E-state index is 13.3. The standard InChI is InChI=1S/C42H65NO11/c1-36(21-44)12-13-40(35(51)52)14-15-41-8-5-9-42(11-6-24(41)26(40)18-36)38(41,3)10-7-28-37(2,22-45)33(54-34-32(50)31(49)27(46)20-53-34)30(48)25(39(28,42)4)16-23-17-29(47)43-19-23/h6,23,25-28,30-34,44-46,48-50H,5,7-22H2,1-4H3,(H,43,47)(H,51,52)/t23-,25+,26-,27+,28+,30+,31-,32+,33+,34-,36-,37-,38-,39-,40-,41+,42-/m0/s1. The van der Waals surface area contributed by atoms with Crippen molar-refractivity contribution in [3.05, 3.63) is 11.6 Å². The third-order valence-electron chi connectivity index (χ3n) is 18.6. The highest BCUT2D eigenvalue weighted by Gasteiger charge is 2.79. The second-order valence-corrected chi connectivity index (χ2v) is 20.5. The number of amides is 1. The van der Waals surface area contributed by atoms with Crippen LogP contribution in [0.3, 0.4) is 0 Å². The Bertz CT molecular complexity index is 1560. The third kappa shape index (κ3) is 4.89. The monoisotopic (exact) mass is 759 g/mol. The molecule has 2 bridgehead atoms. The number of allylic oxidation sites excluding steroid dienone is 2. The molecule has 2 saturated heterocycles. The lowest BCUT2D eigenvalue weighted by Gasteiger charge is -2.80. The molecular weight excluding hydrogens is 694 g/mol. The average Bonchev–Trinajstić information content (AvgIpc) is 3.55. The van der Waals surface area contributed by atoms with Crippen LogP contribution in [0.4, 0.5) is 0 Å². The average molecular weight is 760 g/mol. The summed E-state index contributed by atoms with van der Waals surface area (Å²) < 4.78 is 12.3. The van der Waals surface area contributed by atoms with Crippen LogP contribution in [0.2, 0.25) is 0 Å². The second kappa shape index (κ2) is 12.9. The van der Waals surface area contributed by atoms with Gasteiger partial charge in [0.25, 0.3) is 0 Å². The molecule has 0 aromatic carbocycles. The minimum atomic E-state index is -1.56. The number of rotatable bonds is 7. The molecule has 7 fully saturated rings. The zero-order chi connectivity index (χ0) is 38.9. The number of carbonyl (C=O) groups excluding carboxylic acids is 1. The van der Waals surface area contributed by atoms with Crippen molar-refractivity contribution in [1.29, 1.82) is 0 Å². The Balaban J connectivity index is 1.26. The summed E-state index contributed by atoms with van der Waals surface area (Å²) in [5, 5.41) is 80.6. The van der Waals surface area contributed by atoms with E-state index in [1.54, 1.807) is 0 Å². The summed E-state index contributed by atoms with van der Waals surface area (Å²) in [4.78, 5) is 25.9. The molecule has 54 heavy (non-hydrogen) atoms. The fourth-order valence-electron chi connectivity index (χ4n) is 15.6. The Labute approximate surface area is 319 Å². The number of aliphatic carboxylic acids is 1. The Morgan fingerprint density at radius 2 is 1.69 bits per heavy atom. The number of carbonyl (C=O) groups is 2. The maximum absolute atomic E-state index is 13.3. The third-order valence-corrected chi connectivity index (χ3v) is 18.6. The smallest absolute Gasteiger partial charge is 0.310 e. The topological polar surface area (TPSA) is 206 Å². The Morgan fingerprint density at radius 3 is 2.35 bits per heavy atom. The summed E-state index contributed by atoms with van der Waals surface area (Å²) in [6, 6.07) is 0. The summed E-state index contributed by atoms with van der Waals surface area (Å²) in [6.07, 6.45) is 4.08. The van der Waals surface area contributed by atoms with Crippen LogP contribution < -0.4 is 5.32 Å². The normalized spacial score (nSPS) is 55.4. The van der Waals surface area contributed by atoms with E-state index in [9.17, 15) is 45.3 Å². The number of ether oxygens (including phenoxy) is 2. The van der Waals surface area contributed by atoms with Crippen molar-refractivity contribution < 1.29 is 54.8 Å². The van der Waals surface area contributed by atoms with Crippen LogP contribution in [0, 0.1) is 61.6 Å². The SMILES string of the molecule is C[C@]1(CO)CC[C@]2(C(=O)O)CC[C@]34CCC[C@@]5(CC=C3[C@@H]2C1)[C@@]1(C)[C@H](C[C@@H]2CNC(=O)C2)[C@@H](O)[C@@H](O[C@@H]2OC[C@@H](O)[C@H](O)[C@H]2O)[C@@](C)(CO)[C@H]1CC[C@@]45C. The van der Waals surface area contributed by atoms with Crippen LogP contribution in [0.5, 0.6) is 0 Å². The number of aliphatic hydroxyl groups is 6. The molecule has 8 rings (SSSR count). The van der Waals surface area contributed by atoms with Gasteiger partial charge >= 0.3 is 5.97 Å². The van der Waals surface area contributed by atoms with E-state index in [1.165, 1.54) is 5.57 Å². The van der Waals surface area contributed by atoms with Crippen molar-refractivity contribution >= 4 is 11.9 Å². The molecular formula is C42H65NO11. The van der Waals surface area contributed by atoms with Gasteiger partial charge in [0.05, 0.1) is 30.8 Å². The molecule has 2 heterocycles. The highest BCUT2D eigenvalue weighted by molar-refractivity contribution is 5.78. The zero-order valence-corrected chi connectivity index (χ0v) is 32.6. The first-order valence-corrected chi connectivity index (χ1v) is 20.8. The number of hydrogen-bond acceptors (Lipinski definition) is 10. The molecule has 17 atom stereocenters.